The van der Waals surface area contributed by atoms with Crippen molar-refractivity contribution in [1.29, 1.82) is 0 Å². The molecule has 0 aliphatic carbocycles. The van der Waals surface area contributed by atoms with Gasteiger partial charge in [-0.05, 0) is 35.3 Å². The Morgan fingerprint density at radius 1 is 0.833 bits per heavy atom. The molecule has 0 unspecified atom stereocenters. The summed E-state index contributed by atoms with van der Waals surface area (Å²) in [5.41, 5.74) is 0. The van der Waals surface area contributed by atoms with Gasteiger partial charge in [-0.3, -0.25) is 4.57 Å². The van der Waals surface area contributed by atoms with E-state index in [1.807, 2.05) is 12.1 Å². The van der Waals surface area contributed by atoms with Gasteiger partial charge in [-0.15, -0.1) is 0 Å². The second-order valence-electron chi connectivity index (χ2n) is 7.83. The van der Waals surface area contributed by atoms with E-state index in [1.165, 1.54) is 16.2 Å². The van der Waals surface area contributed by atoms with Crippen molar-refractivity contribution in [2.45, 2.75) is 39.7 Å². The fraction of sp³-hybridized carbons (Fsp3) is 0.333. The minimum atomic E-state index is -3.22. The average Bonchev–Trinajstić information content (AvgIpc) is 2.71. The highest BCUT2D eigenvalue weighted by Gasteiger charge is 2.51. The summed E-state index contributed by atoms with van der Waals surface area (Å²) in [7, 11) is -5.85. The molecule has 0 saturated heterocycles. The monoisotopic (exact) mass is 444 g/mol. The third-order valence-electron chi connectivity index (χ3n) is 4.74. The fourth-order valence-corrected chi connectivity index (χ4v) is 9.09. The van der Waals surface area contributed by atoms with E-state index in [0.717, 1.165) is 0 Å². The van der Waals surface area contributed by atoms with E-state index in [-0.39, 0.29) is 5.04 Å². The van der Waals surface area contributed by atoms with Gasteiger partial charge in [0.05, 0.1) is 19.5 Å². The van der Waals surface area contributed by atoms with E-state index >= 15 is 0 Å². The summed E-state index contributed by atoms with van der Waals surface area (Å²) < 4.78 is 29.8. The highest BCUT2D eigenvalue weighted by atomic mass is 31.2. The third kappa shape index (κ3) is 5.83. The van der Waals surface area contributed by atoms with E-state index in [0.29, 0.717) is 13.2 Å². The fourth-order valence-electron chi connectivity index (χ4n) is 3.52. The number of rotatable bonds is 10. The Hall–Kier alpha value is -1.91. The van der Waals surface area contributed by atoms with Gasteiger partial charge in [-0.2, -0.15) is 0 Å². The molecule has 2 aromatic carbocycles. The van der Waals surface area contributed by atoms with E-state index in [2.05, 4.69) is 69.3 Å². The molecule has 0 radical (unpaired) electrons. The Morgan fingerprint density at radius 2 is 1.30 bits per heavy atom. The standard InChI is InChI=1S/C24H33O4PSi/c1-6-26-29(25,27-7-2)21-15-14-20-28-30(24(3,4)5,22-16-10-8-11-17-22)23-18-12-9-13-19-23/h8-21H,6-7H2,1-5H3/b20-14+,21-15?. The van der Waals surface area contributed by atoms with E-state index < -0.39 is 15.9 Å². The molecule has 0 fully saturated rings. The van der Waals surface area contributed by atoms with Gasteiger partial charge in [0.25, 0.3) is 0 Å². The normalized spacial score (nSPS) is 13.2. The zero-order valence-corrected chi connectivity index (χ0v) is 20.5. The smallest absolute Gasteiger partial charge is 0.354 e. The number of benzene rings is 2. The topological polar surface area (TPSA) is 44.8 Å². The SMILES string of the molecule is CCOP(=O)(C=C/C=C/O[Si](c1ccccc1)(c1ccccc1)C(C)(C)C)OCC. The Balaban J connectivity index is 2.41. The lowest BCUT2D eigenvalue weighted by Gasteiger charge is -2.41. The highest BCUT2D eigenvalue weighted by Crippen LogP contribution is 2.49. The molecule has 4 nitrogen and oxygen atoms in total. The van der Waals surface area contributed by atoms with E-state index in [9.17, 15) is 4.57 Å². The number of hydrogen-bond acceptors (Lipinski definition) is 4. The average molecular weight is 445 g/mol. The summed E-state index contributed by atoms with van der Waals surface area (Å²) >= 11 is 0. The van der Waals surface area contributed by atoms with Crippen LogP contribution in [0.1, 0.15) is 34.6 Å². The molecule has 0 amide bonds. The van der Waals surface area contributed by atoms with Crippen LogP contribution in [0.25, 0.3) is 0 Å². The van der Waals surface area contributed by atoms with Crippen LogP contribution in [0.15, 0.2) is 84.9 Å². The molecule has 162 valence electrons. The van der Waals surface area contributed by atoms with Gasteiger partial charge in [0.15, 0.2) is 0 Å². The molecule has 0 N–H and O–H groups in total. The van der Waals surface area contributed by atoms with Crippen LogP contribution in [0, 0.1) is 0 Å². The lowest BCUT2D eigenvalue weighted by atomic mass is 10.2. The molecule has 0 bridgehead atoms. The van der Waals surface area contributed by atoms with Crippen molar-refractivity contribution < 1.29 is 18.0 Å². The first-order chi connectivity index (χ1) is 14.3. The van der Waals surface area contributed by atoms with Crippen molar-refractivity contribution in [2.75, 3.05) is 13.2 Å². The number of hydrogen-bond donors (Lipinski definition) is 0. The molecule has 2 rings (SSSR count). The van der Waals surface area contributed by atoms with E-state index in [1.54, 1.807) is 32.3 Å². The summed E-state index contributed by atoms with van der Waals surface area (Å²) in [4.78, 5) is 0. The van der Waals surface area contributed by atoms with Crippen LogP contribution in [0.4, 0.5) is 0 Å². The second-order valence-corrected chi connectivity index (χ2v) is 14.0. The minimum absolute atomic E-state index is 0.115. The molecule has 0 atom stereocenters. The molecule has 0 aromatic heterocycles. The molecule has 6 heteroatoms. The van der Waals surface area contributed by atoms with Crippen molar-refractivity contribution in [2.24, 2.45) is 0 Å². The zero-order chi connectivity index (χ0) is 22.1. The van der Waals surface area contributed by atoms with Crippen molar-refractivity contribution >= 4 is 26.3 Å². The van der Waals surface area contributed by atoms with E-state index in [4.69, 9.17) is 13.5 Å². The maximum Gasteiger partial charge on any atom is 0.354 e. The summed E-state index contributed by atoms with van der Waals surface area (Å²) in [6, 6.07) is 20.8. The van der Waals surface area contributed by atoms with Gasteiger partial charge in [0.1, 0.15) is 0 Å². The van der Waals surface area contributed by atoms with Crippen LogP contribution in [0.5, 0.6) is 0 Å². The van der Waals surface area contributed by atoms with Crippen LogP contribution in [-0.2, 0) is 18.0 Å². The maximum absolute atomic E-state index is 12.6. The molecule has 0 spiro atoms. The van der Waals surface area contributed by atoms with Crippen LogP contribution in [0.3, 0.4) is 0 Å². The van der Waals surface area contributed by atoms with Gasteiger partial charge in [0, 0.05) is 5.82 Å². The summed E-state index contributed by atoms with van der Waals surface area (Å²) in [6.07, 6.45) is 5.13. The molecule has 30 heavy (non-hydrogen) atoms. The largest absolute Gasteiger partial charge is 0.540 e. The summed E-state index contributed by atoms with van der Waals surface area (Å²) in [5.74, 6) is 1.48. The predicted octanol–water partition coefficient (Wildman–Crippen LogP) is 5.86. The number of allylic oxidation sites excluding steroid dienone is 2. The van der Waals surface area contributed by atoms with Gasteiger partial charge in [-0.25, -0.2) is 0 Å². The predicted molar refractivity (Wildman–Crippen MR) is 128 cm³/mol. The summed E-state index contributed by atoms with van der Waals surface area (Å²) in [6.45, 7) is 10.9. The van der Waals surface area contributed by atoms with Gasteiger partial charge < -0.3 is 13.5 Å². The van der Waals surface area contributed by atoms with Crippen molar-refractivity contribution in [1.82, 2.24) is 0 Å². The Morgan fingerprint density at radius 3 is 1.70 bits per heavy atom. The van der Waals surface area contributed by atoms with Crippen LogP contribution >= 0.6 is 7.60 Å². The molecular formula is C24H33O4PSi. The zero-order valence-electron chi connectivity index (χ0n) is 18.6. The summed E-state index contributed by atoms with van der Waals surface area (Å²) in [5, 5.41) is 2.29. The minimum Gasteiger partial charge on any atom is -0.540 e. The Bertz CT molecular complexity index is 824. The van der Waals surface area contributed by atoms with Crippen LogP contribution in [-0.4, -0.2) is 21.5 Å². The second kappa shape index (κ2) is 10.9. The Kier molecular flexibility index (Phi) is 8.87. The molecule has 0 saturated carbocycles. The Labute approximate surface area is 182 Å². The molecular weight excluding hydrogens is 411 g/mol. The third-order valence-corrected chi connectivity index (χ3v) is 11.4. The molecule has 0 heterocycles. The molecule has 0 aliphatic heterocycles. The van der Waals surface area contributed by atoms with Crippen LogP contribution < -0.4 is 10.4 Å². The lowest BCUT2D eigenvalue weighted by molar-refractivity contribution is 0.229. The van der Waals surface area contributed by atoms with Gasteiger partial charge in [-0.1, -0.05) is 87.5 Å². The maximum atomic E-state index is 12.6. The lowest BCUT2D eigenvalue weighted by Crippen LogP contribution is -2.65. The quantitative estimate of drug-likeness (QED) is 0.199. The van der Waals surface area contributed by atoms with Crippen molar-refractivity contribution in [3.63, 3.8) is 0 Å². The first-order valence-corrected chi connectivity index (χ1v) is 13.8. The molecule has 0 aliphatic rings. The van der Waals surface area contributed by atoms with Crippen molar-refractivity contribution in [3.8, 4) is 0 Å². The van der Waals surface area contributed by atoms with Crippen molar-refractivity contribution in [3.05, 3.63) is 84.9 Å². The first-order valence-electron chi connectivity index (χ1n) is 10.3. The molecule has 2 aromatic rings. The first kappa shape index (κ1) is 24.4. The van der Waals surface area contributed by atoms with Crippen LogP contribution in [0.2, 0.25) is 5.04 Å². The van der Waals surface area contributed by atoms with Gasteiger partial charge in [0.2, 0.25) is 0 Å². The highest BCUT2D eigenvalue weighted by molar-refractivity contribution is 7.57. The van der Waals surface area contributed by atoms with Gasteiger partial charge >= 0.3 is 15.9 Å².